The van der Waals surface area contributed by atoms with Crippen molar-refractivity contribution in [2.24, 2.45) is 5.92 Å². The van der Waals surface area contributed by atoms with Crippen LogP contribution in [0.4, 0.5) is 0 Å². The predicted molar refractivity (Wildman–Crippen MR) is 138 cm³/mol. The van der Waals surface area contributed by atoms with Crippen LogP contribution < -0.4 is 5.69 Å². The van der Waals surface area contributed by atoms with Crippen molar-refractivity contribution in [2.75, 3.05) is 0 Å². The Morgan fingerprint density at radius 1 is 1.06 bits per heavy atom. The Bertz CT molecular complexity index is 1410. The maximum absolute atomic E-state index is 13.5. The minimum absolute atomic E-state index is 0.0827. The van der Waals surface area contributed by atoms with Crippen molar-refractivity contribution < 1.29 is 9.90 Å². The van der Waals surface area contributed by atoms with Gasteiger partial charge in [0.1, 0.15) is 0 Å². The molecule has 2 aromatic heterocycles. The molecule has 9 heteroatoms. The number of rotatable bonds is 8. The van der Waals surface area contributed by atoms with Crippen LogP contribution in [-0.4, -0.2) is 40.8 Å². The van der Waals surface area contributed by atoms with Gasteiger partial charge in [0.05, 0.1) is 12.2 Å². The average Bonchev–Trinajstić information content (AvgIpc) is 3.45. The number of nitrogens with zero attached hydrogens (tertiary/aromatic N) is 5. The first-order chi connectivity index (χ1) is 17.1. The lowest BCUT2D eigenvalue weighted by Gasteiger charge is -2.21. The van der Waals surface area contributed by atoms with Crippen LogP contribution in [0.5, 0.6) is 0 Å². The van der Waals surface area contributed by atoms with Crippen molar-refractivity contribution in [3.8, 4) is 22.5 Å². The fraction of sp³-hybridized carbons (Fsp3) is 0.370. The van der Waals surface area contributed by atoms with Crippen LogP contribution in [-0.2, 0) is 18.5 Å². The fourth-order valence-corrected chi connectivity index (χ4v) is 4.46. The largest absolute Gasteiger partial charge is 0.477 e. The highest BCUT2D eigenvalue weighted by Crippen LogP contribution is 2.30. The van der Waals surface area contributed by atoms with Crippen molar-refractivity contribution in [1.29, 1.82) is 0 Å². The third-order valence-corrected chi connectivity index (χ3v) is 6.21. The van der Waals surface area contributed by atoms with Gasteiger partial charge in [-0.2, -0.15) is 0 Å². The molecule has 0 unspecified atom stereocenters. The normalized spacial score (nSPS) is 11.8. The van der Waals surface area contributed by atoms with Gasteiger partial charge in [-0.15, -0.1) is 5.10 Å². The Labute approximate surface area is 209 Å². The standard InChI is InChI=1S/C27H32N6O3/c1-17(2)10-15-22-23(25(34)35)33(27(3,4)5)26(36)32(22)16-18-11-13-19(14-12-18)20-8-6-7-9-21(20)24-28-30-31-29-24/h6-9,11-14,17H,10,15-16H2,1-5H3,(H,34,35)(H,28,29,30,31). The summed E-state index contributed by atoms with van der Waals surface area (Å²) in [6, 6.07) is 15.8. The zero-order valence-electron chi connectivity index (χ0n) is 21.3. The second-order valence-corrected chi connectivity index (χ2v) is 10.4. The SMILES string of the molecule is CC(C)CCc1c(C(=O)O)n(C(C)(C)C)c(=O)n1Cc1ccc(-c2ccccc2-c2nnn[nH]2)cc1. The number of nitrogens with one attached hydrogen (secondary N) is 1. The summed E-state index contributed by atoms with van der Waals surface area (Å²) in [4.78, 5) is 25.8. The van der Waals surface area contributed by atoms with Gasteiger partial charge in [-0.05, 0) is 66.6 Å². The van der Waals surface area contributed by atoms with E-state index >= 15 is 0 Å². The van der Waals surface area contributed by atoms with Crippen LogP contribution in [0.15, 0.2) is 53.3 Å². The van der Waals surface area contributed by atoms with E-state index in [1.54, 1.807) is 4.57 Å². The highest BCUT2D eigenvalue weighted by atomic mass is 16.4. The highest BCUT2D eigenvalue weighted by molar-refractivity contribution is 5.87. The molecule has 9 nitrogen and oxygen atoms in total. The van der Waals surface area contributed by atoms with Crippen LogP contribution in [0.25, 0.3) is 22.5 Å². The number of aromatic carboxylic acids is 1. The van der Waals surface area contributed by atoms with E-state index in [1.807, 2.05) is 69.3 Å². The van der Waals surface area contributed by atoms with E-state index in [0.29, 0.717) is 30.4 Å². The zero-order chi connectivity index (χ0) is 26.0. The molecule has 0 bridgehead atoms. The average molecular weight is 489 g/mol. The quantitative estimate of drug-likeness (QED) is 0.375. The number of aromatic nitrogens is 6. The molecule has 0 fully saturated rings. The van der Waals surface area contributed by atoms with Gasteiger partial charge in [0.25, 0.3) is 0 Å². The van der Waals surface area contributed by atoms with Gasteiger partial charge in [0.15, 0.2) is 11.5 Å². The Kier molecular flexibility index (Phi) is 6.92. The molecule has 0 aliphatic heterocycles. The maximum Gasteiger partial charge on any atom is 0.354 e. The van der Waals surface area contributed by atoms with E-state index in [9.17, 15) is 14.7 Å². The van der Waals surface area contributed by atoms with E-state index in [0.717, 1.165) is 28.7 Å². The van der Waals surface area contributed by atoms with Crippen molar-refractivity contribution in [3.05, 3.63) is 76.0 Å². The maximum atomic E-state index is 13.5. The number of hydrogen-bond acceptors (Lipinski definition) is 5. The third kappa shape index (κ3) is 5.00. The first kappa shape index (κ1) is 25.1. The Balaban J connectivity index is 1.74. The molecule has 0 saturated heterocycles. The Morgan fingerprint density at radius 3 is 2.28 bits per heavy atom. The van der Waals surface area contributed by atoms with Crippen LogP contribution in [0.3, 0.4) is 0 Å². The van der Waals surface area contributed by atoms with E-state index in [2.05, 4.69) is 34.5 Å². The van der Waals surface area contributed by atoms with E-state index < -0.39 is 11.5 Å². The van der Waals surface area contributed by atoms with E-state index in [4.69, 9.17) is 0 Å². The van der Waals surface area contributed by atoms with E-state index in [1.165, 1.54) is 4.57 Å². The second kappa shape index (κ2) is 9.93. The van der Waals surface area contributed by atoms with Crippen molar-refractivity contribution in [3.63, 3.8) is 0 Å². The first-order valence-electron chi connectivity index (χ1n) is 12.1. The van der Waals surface area contributed by atoms with Gasteiger partial charge in [-0.3, -0.25) is 9.13 Å². The summed E-state index contributed by atoms with van der Waals surface area (Å²) in [5.41, 5.74) is 3.45. The van der Waals surface area contributed by atoms with E-state index in [-0.39, 0.29) is 11.4 Å². The number of aromatic amines is 1. The number of benzene rings is 2. The lowest BCUT2D eigenvalue weighted by atomic mass is 9.98. The van der Waals surface area contributed by atoms with Gasteiger partial charge in [-0.1, -0.05) is 62.4 Å². The molecular weight excluding hydrogens is 456 g/mol. The summed E-state index contributed by atoms with van der Waals surface area (Å²) in [6.45, 7) is 10.0. The molecular formula is C27H32N6O3. The molecule has 2 aromatic carbocycles. The second-order valence-electron chi connectivity index (χ2n) is 10.4. The summed E-state index contributed by atoms with van der Waals surface area (Å²) in [5, 5.41) is 24.3. The molecule has 188 valence electrons. The Hall–Kier alpha value is -4.01. The molecule has 0 atom stereocenters. The minimum Gasteiger partial charge on any atom is -0.477 e. The molecule has 0 saturated carbocycles. The summed E-state index contributed by atoms with van der Waals surface area (Å²) in [6.07, 6.45) is 1.31. The van der Waals surface area contributed by atoms with Crippen LogP contribution in [0.1, 0.15) is 62.8 Å². The number of hydrogen-bond donors (Lipinski definition) is 2. The van der Waals surface area contributed by atoms with Gasteiger partial charge < -0.3 is 5.11 Å². The van der Waals surface area contributed by atoms with Gasteiger partial charge in [0.2, 0.25) is 0 Å². The fourth-order valence-electron chi connectivity index (χ4n) is 4.46. The van der Waals surface area contributed by atoms with Crippen molar-refractivity contribution in [2.45, 2.75) is 59.5 Å². The molecule has 0 amide bonds. The minimum atomic E-state index is -1.08. The molecule has 36 heavy (non-hydrogen) atoms. The zero-order valence-corrected chi connectivity index (χ0v) is 21.3. The monoisotopic (exact) mass is 488 g/mol. The number of imidazole rings is 1. The van der Waals surface area contributed by atoms with Gasteiger partial charge >= 0.3 is 11.7 Å². The molecule has 4 aromatic rings. The topological polar surface area (TPSA) is 119 Å². The smallest absolute Gasteiger partial charge is 0.354 e. The molecule has 0 aliphatic carbocycles. The summed E-state index contributed by atoms with van der Waals surface area (Å²) >= 11 is 0. The number of carbonyl (C=O) groups is 1. The van der Waals surface area contributed by atoms with Gasteiger partial charge in [0, 0.05) is 11.1 Å². The molecule has 2 heterocycles. The van der Waals surface area contributed by atoms with Crippen LogP contribution >= 0.6 is 0 Å². The molecule has 4 rings (SSSR count). The number of tetrazole rings is 1. The first-order valence-corrected chi connectivity index (χ1v) is 12.1. The number of carboxylic acids is 1. The van der Waals surface area contributed by atoms with Crippen LogP contribution in [0.2, 0.25) is 0 Å². The number of carboxylic acid groups (broad SMARTS) is 1. The Morgan fingerprint density at radius 2 is 1.72 bits per heavy atom. The molecule has 0 radical (unpaired) electrons. The van der Waals surface area contributed by atoms with Crippen molar-refractivity contribution >= 4 is 5.97 Å². The molecule has 2 N–H and O–H groups in total. The molecule has 0 aliphatic rings. The predicted octanol–water partition coefficient (Wildman–Crippen LogP) is 4.59. The third-order valence-electron chi connectivity index (χ3n) is 6.21. The molecule has 0 spiro atoms. The summed E-state index contributed by atoms with van der Waals surface area (Å²) in [5.74, 6) is -0.110. The number of H-pyrrole nitrogens is 1. The van der Waals surface area contributed by atoms with Crippen molar-refractivity contribution in [1.82, 2.24) is 29.8 Å². The summed E-state index contributed by atoms with van der Waals surface area (Å²) in [7, 11) is 0. The lowest BCUT2D eigenvalue weighted by Crippen LogP contribution is -2.37. The van der Waals surface area contributed by atoms with Crippen LogP contribution in [0, 0.1) is 5.92 Å². The van der Waals surface area contributed by atoms with Gasteiger partial charge in [-0.25, -0.2) is 14.7 Å². The lowest BCUT2D eigenvalue weighted by molar-refractivity contribution is 0.0676. The highest BCUT2D eigenvalue weighted by Gasteiger charge is 2.30. The summed E-state index contributed by atoms with van der Waals surface area (Å²) < 4.78 is 3.04.